The molecular formula is C25H30N2O6. The van der Waals surface area contributed by atoms with Crippen LogP contribution in [0.25, 0.3) is 5.76 Å². The molecule has 0 saturated carbocycles. The highest BCUT2D eigenvalue weighted by Crippen LogP contribution is 2.43. The predicted molar refractivity (Wildman–Crippen MR) is 125 cm³/mol. The van der Waals surface area contributed by atoms with E-state index < -0.39 is 17.7 Å². The molecule has 1 atom stereocenters. The number of likely N-dealkylation sites (tertiary alicyclic amines) is 1. The minimum Gasteiger partial charge on any atom is -0.507 e. The van der Waals surface area contributed by atoms with E-state index in [0.29, 0.717) is 29.8 Å². The van der Waals surface area contributed by atoms with E-state index in [9.17, 15) is 19.8 Å². The van der Waals surface area contributed by atoms with E-state index in [4.69, 9.17) is 9.47 Å². The van der Waals surface area contributed by atoms with Crippen LogP contribution in [0.15, 0.2) is 42.0 Å². The lowest BCUT2D eigenvalue weighted by atomic mass is 9.94. The molecule has 0 aliphatic carbocycles. The number of aryl methyl sites for hydroxylation is 1. The fraction of sp³-hybridized carbons (Fsp3) is 0.360. The highest BCUT2D eigenvalue weighted by Gasteiger charge is 2.46. The minimum atomic E-state index is -0.866. The number of methoxy groups -OCH3 is 2. The van der Waals surface area contributed by atoms with E-state index in [2.05, 4.69) is 0 Å². The van der Waals surface area contributed by atoms with Crippen LogP contribution in [-0.4, -0.2) is 73.1 Å². The Balaban J connectivity index is 2.19. The first-order valence-electron chi connectivity index (χ1n) is 10.6. The van der Waals surface area contributed by atoms with Crippen LogP contribution < -0.4 is 9.47 Å². The van der Waals surface area contributed by atoms with Crippen molar-refractivity contribution in [1.29, 1.82) is 0 Å². The molecule has 1 amide bonds. The monoisotopic (exact) mass is 454 g/mol. The smallest absolute Gasteiger partial charge is 0.295 e. The molecule has 176 valence electrons. The van der Waals surface area contributed by atoms with E-state index in [1.807, 2.05) is 32.0 Å². The number of phenolic OH excluding ortho intramolecular Hbond substituents is 1. The summed E-state index contributed by atoms with van der Waals surface area (Å²) >= 11 is 0. The van der Waals surface area contributed by atoms with E-state index in [-0.39, 0.29) is 22.8 Å². The lowest BCUT2D eigenvalue weighted by molar-refractivity contribution is -0.139. The maximum absolute atomic E-state index is 13.2. The second-order valence-electron chi connectivity index (χ2n) is 8.28. The van der Waals surface area contributed by atoms with Gasteiger partial charge in [0.25, 0.3) is 11.7 Å². The Morgan fingerprint density at radius 1 is 1.06 bits per heavy atom. The third-order valence-electron chi connectivity index (χ3n) is 5.67. The van der Waals surface area contributed by atoms with E-state index in [0.717, 1.165) is 12.1 Å². The Morgan fingerprint density at radius 3 is 2.33 bits per heavy atom. The number of ketones is 1. The molecule has 1 fully saturated rings. The van der Waals surface area contributed by atoms with Crippen molar-refractivity contribution in [2.75, 3.05) is 41.4 Å². The van der Waals surface area contributed by atoms with Crippen molar-refractivity contribution in [3.05, 3.63) is 58.7 Å². The van der Waals surface area contributed by atoms with E-state index in [1.165, 1.54) is 25.2 Å². The molecule has 1 heterocycles. The summed E-state index contributed by atoms with van der Waals surface area (Å²) in [5.74, 6) is -1.26. The van der Waals surface area contributed by atoms with Crippen molar-refractivity contribution in [3.8, 4) is 17.2 Å². The molecule has 1 saturated heterocycles. The van der Waals surface area contributed by atoms with Gasteiger partial charge in [0.1, 0.15) is 11.5 Å². The van der Waals surface area contributed by atoms with Crippen LogP contribution in [0.3, 0.4) is 0 Å². The molecule has 8 heteroatoms. The Labute approximate surface area is 193 Å². The van der Waals surface area contributed by atoms with Crippen molar-refractivity contribution >= 4 is 17.4 Å². The Bertz CT molecular complexity index is 1090. The molecule has 0 bridgehead atoms. The number of amides is 1. The zero-order valence-corrected chi connectivity index (χ0v) is 19.6. The lowest BCUT2D eigenvalue weighted by Gasteiger charge is -2.26. The summed E-state index contributed by atoms with van der Waals surface area (Å²) in [6, 6.07) is 9.06. The van der Waals surface area contributed by atoms with Gasteiger partial charge in [0.05, 0.1) is 31.4 Å². The quantitative estimate of drug-likeness (QED) is 0.359. The summed E-state index contributed by atoms with van der Waals surface area (Å²) in [5.41, 5.74) is 1.63. The van der Waals surface area contributed by atoms with Gasteiger partial charge >= 0.3 is 0 Å². The standard InChI is InChI=1S/C25H30N2O6/c1-15-7-9-19(32-4)17(13-15)23(29)21-22(16-8-10-20(33-5)18(28)14-16)27(25(31)24(21)30)12-6-11-26(2)3/h7-10,13-14,22,28-29H,6,11-12H2,1-5H3/b23-21+. The fourth-order valence-corrected chi connectivity index (χ4v) is 4.04. The number of aromatic hydroxyl groups is 1. The Kier molecular flexibility index (Phi) is 7.28. The molecule has 2 N–H and O–H groups in total. The minimum absolute atomic E-state index is 0.0432. The number of nitrogens with zero attached hydrogens (tertiary/aromatic N) is 2. The average Bonchev–Trinajstić information content (AvgIpc) is 3.03. The van der Waals surface area contributed by atoms with Gasteiger partial charge in [-0.1, -0.05) is 17.7 Å². The van der Waals surface area contributed by atoms with Crippen LogP contribution in [0.4, 0.5) is 0 Å². The summed E-state index contributed by atoms with van der Waals surface area (Å²) in [5, 5.41) is 21.6. The summed E-state index contributed by atoms with van der Waals surface area (Å²) in [7, 11) is 6.76. The van der Waals surface area contributed by atoms with Crippen LogP contribution in [0.2, 0.25) is 0 Å². The summed E-state index contributed by atoms with van der Waals surface area (Å²) in [6.07, 6.45) is 0.631. The van der Waals surface area contributed by atoms with Crippen molar-refractivity contribution in [2.24, 2.45) is 0 Å². The van der Waals surface area contributed by atoms with Crippen LogP contribution in [-0.2, 0) is 9.59 Å². The maximum atomic E-state index is 13.2. The van der Waals surface area contributed by atoms with Crippen molar-refractivity contribution in [2.45, 2.75) is 19.4 Å². The third-order valence-corrected chi connectivity index (χ3v) is 5.67. The van der Waals surface area contributed by atoms with Gasteiger partial charge in [-0.15, -0.1) is 0 Å². The lowest BCUT2D eigenvalue weighted by Crippen LogP contribution is -2.32. The van der Waals surface area contributed by atoms with Crippen LogP contribution in [0, 0.1) is 6.92 Å². The van der Waals surface area contributed by atoms with Gasteiger partial charge in [-0.2, -0.15) is 0 Å². The number of ether oxygens (including phenoxy) is 2. The molecule has 8 nitrogen and oxygen atoms in total. The van der Waals surface area contributed by atoms with Gasteiger partial charge in [-0.25, -0.2) is 0 Å². The maximum Gasteiger partial charge on any atom is 0.295 e. The number of hydrogen-bond donors (Lipinski definition) is 2. The van der Waals surface area contributed by atoms with E-state index >= 15 is 0 Å². The highest BCUT2D eigenvalue weighted by molar-refractivity contribution is 6.46. The summed E-state index contributed by atoms with van der Waals surface area (Å²) in [4.78, 5) is 29.6. The number of benzene rings is 2. The molecule has 2 aromatic rings. The first kappa shape index (κ1) is 24.1. The molecule has 1 aliphatic rings. The number of carbonyl (C=O) groups is 2. The molecule has 2 aromatic carbocycles. The molecule has 33 heavy (non-hydrogen) atoms. The molecule has 0 aromatic heterocycles. The van der Waals surface area contributed by atoms with Crippen molar-refractivity contribution in [3.63, 3.8) is 0 Å². The Morgan fingerprint density at radius 2 is 1.73 bits per heavy atom. The SMILES string of the molecule is COc1ccc(C2/C(=C(\O)c3cc(C)ccc3OC)C(=O)C(=O)N2CCCN(C)C)cc1O. The molecule has 1 unspecified atom stereocenters. The number of aliphatic hydroxyl groups excluding tert-OH is 1. The summed E-state index contributed by atoms with van der Waals surface area (Å²) < 4.78 is 10.5. The normalized spacial score (nSPS) is 17.6. The number of phenols is 1. The topological polar surface area (TPSA) is 99.5 Å². The molecule has 3 rings (SSSR count). The van der Waals surface area contributed by atoms with Gasteiger partial charge in [-0.3, -0.25) is 9.59 Å². The van der Waals surface area contributed by atoms with Gasteiger partial charge in [0, 0.05) is 6.54 Å². The zero-order chi connectivity index (χ0) is 24.3. The Hall–Kier alpha value is -3.52. The third kappa shape index (κ3) is 4.80. The molecular weight excluding hydrogens is 424 g/mol. The molecule has 0 spiro atoms. The van der Waals surface area contributed by atoms with E-state index in [1.54, 1.807) is 24.3 Å². The largest absolute Gasteiger partial charge is 0.507 e. The molecule has 0 radical (unpaired) electrons. The van der Waals surface area contributed by atoms with Crippen molar-refractivity contribution in [1.82, 2.24) is 9.80 Å². The number of carbonyl (C=O) groups excluding carboxylic acids is 2. The fourth-order valence-electron chi connectivity index (χ4n) is 4.04. The van der Waals surface area contributed by atoms with Gasteiger partial charge in [0.2, 0.25) is 0 Å². The van der Waals surface area contributed by atoms with Crippen LogP contribution in [0.5, 0.6) is 17.2 Å². The number of hydrogen-bond acceptors (Lipinski definition) is 7. The predicted octanol–water partition coefficient (Wildman–Crippen LogP) is 3.09. The first-order chi connectivity index (χ1) is 15.7. The summed E-state index contributed by atoms with van der Waals surface area (Å²) in [6.45, 7) is 2.88. The highest BCUT2D eigenvalue weighted by atomic mass is 16.5. The number of rotatable bonds is 8. The van der Waals surface area contributed by atoms with Gasteiger partial charge < -0.3 is 29.5 Å². The second kappa shape index (κ2) is 9.95. The zero-order valence-electron chi connectivity index (χ0n) is 19.6. The van der Waals surface area contributed by atoms with Gasteiger partial charge in [-0.05, 0) is 63.8 Å². The first-order valence-corrected chi connectivity index (χ1v) is 10.6. The van der Waals surface area contributed by atoms with Crippen molar-refractivity contribution < 1.29 is 29.3 Å². The second-order valence-corrected chi connectivity index (χ2v) is 8.28. The number of aliphatic hydroxyl groups is 1. The average molecular weight is 455 g/mol. The molecule has 1 aliphatic heterocycles. The van der Waals surface area contributed by atoms with Crippen LogP contribution >= 0.6 is 0 Å². The van der Waals surface area contributed by atoms with Gasteiger partial charge in [0.15, 0.2) is 11.5 Å². The number of Topliss-reactive ketones (excluding diaryl/α,β-unsaturated/α-hetero) is 1. The van der Waals surface area contributed by atoms with Crippen LogP contribution in [0.1, 0.15) is 29.2 Å².